The lowest BCUT2D eigenvalue weighted by atomic mass is 10.1. The van der Waals surface area contributed by atoms with E-state index in [1.54, 1.807) is 20.2 Å². The van der Waals surface area contributed by atoms with E-state index >= 15 is 0 Å². The van der Waals surface area contributed by atoms with E-state index in [9.17, 15) is 9.59 Å². The number of hydrogen-bond donors (Lipinski definition) is 2. The van der Waals surface area contributed by atoms with Gasteiger partial charge in [-0.2, -0.15) is 10.2 Å². The Hall–Kier alpha value is -2.39. The molecule has 3 aromatic rings. The Bertz CT molecular complexity index is 981. The first-order chi connectivity index (χ1) is 14.1. The summed E-state index contributed by atoms with van der Waals surface area (Å²) in [5.74, 6) is 0.701. The highest BCUT2D eigenvalue weighted by Crippen LogP contribution is 2.25. The first-order valence-corrected chi connectivity index (χ1v) is 10.8. The van der Waals surface area contributed by atoms with Crippen LogP contribution in [-0.2, 0) is 16.1 Å². The molecule has 1 amide bonds. The van der Waals surface area contributed by atoms with Crippen molar-refractivity contribution in [3.05, 3.63) is 24.0 Å². The molecule has 0 fully saturated rings. The van der Waals surface area contributed by atoms with Crippen molar-refractivity contribution in [1.29, 1.82) is 0 Å². The first-order valence-electron chi connectivity index (χ1n) is 9.85. The molecule has 3 rings (SSSR count). The van der Waals surface area contributed by atoms with Gasteiger partial charge in [0, 0.05) is 37.1 Å². The van der Waals surface area contributed by atoms with E-state index in [1.807, 2.05) is 16.8 Å². The summed E-state index contributed by atoms with van der Waals surface area (Å²) in [7, 11) is 1.66. The van der Waals surface area contributed by atoms with Gasteiger partial charge in [-0.05, 0) is 25.0 Å². The maximum Gasteiger partial charge on any atom is 0.272 e. The van der Waals surface area contributed by atoms with Gasteiger partial charge >= 0.3 is 0 Å². The number of nitrogens with zero attached hydrogens (tertiary/aromatic N) is 3. The van der Waals surface area contributed by atoms with Crippen molar-refractivity contribution in [3.8, 4) is 0 Å². The minimum atomic E-state index is -0.172. The van der Waals surface area contributed by atoms with Crippen molar-refractivity contribution >= 4 is 44.6 Å². The monoisotopic (exact) mass is 417 g/mol. The fourth-order valence-corrected chi connectivity index (χ4v) is 3.89. The maximum atomic E-state index is 12.5. The van der Waals surface area contributed by atoms with Gasteiger partial charge in [0.15, 0.2) is 10.8 Å². The summed E-state index contributed by atoms with van der Waals surface area (Å²) in [4.78, 5) is 23.4. The molecule has 0 aliphatic heterocycles. The summed E-state index contributed by atoms with van der Waals surface area (Å²) in [6.45, 7) is 3.46. The standard InChI is InChI=1S/C20H27N5O3S/c1-14(26)29-12-6-4-3-5-9-21-20(27)19-15-7-8-17-16(18(15)23-24-19)13-22-25(17)10-11-28-2/h7-8,13H,3-6,9-12H2,1-2H3,(H,21,27)(H,23,24). The number of ether oxygens (including phenoxy) is 1. The number of aromatic nitrogens is 4. The van der Waals surface area contributed by atoms with Gasteiger partial charge in [-0.25, -0.2) is 0 Å². The van der Waals surface area contributed by atoms with Gasteiger partial charge in [0.1, 0.15) is 0 Å². The molecule has 0 saturated heterocycles. The Morgan fingerprint density at radius 3 is 2.83 bits per heavy atom. The molecule has 156 valence electrons. The summed E-state index contributed by atoms with van der Waals surface area (Å²) in [6, 6.07) is 3.87. The normalized spacial score (nSPS) is 11.4. The molecular weight excluding hydrogens is 390 g/mol. The molecule has 2 heterocycles. The number of methoxy groups -OCH3 is 1. The van der Waals surface area contributed by atoms with E-state index < -0.39 is 0 Å². The van der Waals surface area contributed by atoms with Crippen LogP contribution >= 0.6 is 11.8 Å². The molecule has 0 saturated carbocycles. The smallest absolute Gasteiger partial charge is 0.272 e. The molecule has 2 N–H and O–H groups in total. The van der Waals surface area contributed by atoms with Crippen LogP contribution in [0.2, 0.25) is 0 Å². The number of nitrogens with one attached hydrogen (secondary N) is 2. The summed E-state index contributed by atoms with van der Waals surface area (Å²) >= 11 is 1.37. The number of hydrogen-bond acceptors (Lipinski definition) is 6. The minimum absolute atomic E-state index is 0.170. The Labute approximate surface area is 173 Å². The van der Waals surface area contributed by atoms with Gasteiger partial charge < -0.3 is 10.1 Å². The number of rotatable bonds is 11. The molecular formula is C20H27N5O3S. The van der Waals surface area contributed by atoms with Crippen LogP contribution in [0.4, 0.5) is 0 Å². The Morgan fingerprint density at radius 2 is 2.03 bits per heavy atom. The van der Waals surface area contributed by atoms with Gasteiger partial charge in [-0.15, -0.1) is 0 Å². The zero-order valence-electron chi connectivity index (χ0n) is 16.9. The lowest BCUT2D eigenvalue weighted by Crippen LogP contribution is -2.25. The van der Waals surface area contributed by atoms with Crippen molar-refractivity contribution in [3.63, 3.8) is 0 Å². The molecule has 2 aromatic heterocycles. The molecule has 9 heteroatoms. The third-order valence-corrected chi connectivity index (χ3v) is 5.65. The number of fused-ring (bicyclic) bond motifs is 3. The van der Waals surface area contributed by atoms with Gasteiger partial charge in [-0.1, -0.05) is 24.6 Å². The molecule has 0 unspecified atom stereocenters. The number of H-pyrrole nitrogens is 1. The van der Waals surface area contributed by atoms with Crippen LogP contribution in [0.1, 0.15) is 43.1 Å². The number of carbonyl (C=O) groups excluding carboxylic acids is 2. The number of aromatic amines is 1. The SMILES string of the molecule is COCCn1ncc2c3[nH]nc(C(=O)NCCCCCCSC(C)=O)c3ccc21. The maximum absolute atomic E-state index is 12.5. The topological polar surface area (TPSA) is 102 Å². The minimum Gasteiger partial charge on any atom is -0.383 e. The summed E-state index contributed by atoms with van der Waals surface area (Å²) < 4.78 is 7.00. The average molecular weight is 418 g/mol. The van der Waals surface area contributed by atoms with Crippen LogP contribution in [0.25, 0.3) is 21.8 Å². The second kappa shape index (κ2) is 10.4. The molecule has 0 atom stereocenters. The highest BCUT2D eigenvalue weighted by molar-refractivity contribution is 8.13. The third-order valence-electron chi connectivity index (χ3n) is 4.75. The van der Waals surface area contributed by atoms with Crippen molar-refractivity contribution < 1.29 is 14.3 Å². The fourth-order valence-electron chi connectivity index (χ4n) is 3.25. The quantitative estimate of drug-likeness (QED) is 0.465. The molecule has 0 aliphatic carbocycles. The van der Waals surface area contributed by atoms with Crippen LogP contribution in [0.5, 0.6) is 0 Å². The molecule has 0 bridgehead atoms. The van der Waals surface area contributed by atoms with E-state index in [4.69, 9.17) is 4.74 Å². The zero-order valence-corrected chi connectivity index (χ0v) is 17.7. The Balaban J connectivity index is 1.54. The number of thioether (sulfide) groups is 1. The highest BCUT2D eigenvalue weighted by Gasteiger charge is 2.16. The van der Waals surface area contributed by atoms with Crippen LogP contribution < -0.4 is 5.32 Å². The molecule has 0 aliphatic rings. The van der Waals surface area contributed by atoms with E-state index in [0.29, 0.717) is 25.4 Å². The van der Waals surface area contributed by atoms with E-state index in [-0.39, 0.29) is 11.0 Å². The van der Waals surface area contributed by atoms with Crippen LogP contribution in [-0.4, -0.2) is 57.0 Å². The van der Waals surface area contributed by atoms with E-state index in [0.717, 1.165) is 53.2 Å². The van der Waals surface area contributed by atoms with E-state index in [2.05, 4.69) is 20.6 Å². The lowest BCUT2D eigenvalue weighted by molar-refractivity contribution is -0.109. The third kappa shape index (κ3) is 5.36. The second-order valence-corrected chi connectivity index (χ2v) is 8.14. The van der Waals surface area contributed by atoms with Crippen LogP contribution in [0.15, 0.2) is 18.3 Å². The fraction of sp³-hybridized carbons (Fsp3) is 0.500. The predicted molar refractivity (Wildman–Crippen MR) is 115 cm³/mol. The van der Waals surface area contributed by atoms with Gasteiger partial charge in [-0.3, -0.25) is 19.4 Å². The average Bonchev–Trinajstić information content (AvgIpc) is 3.31. The number of amides is 1. The van der Waals surface area contributed by atoms with Gasteiger partial charge in [0.05, 0.1) is 30.4 Å². The van der Waals surface area contributed by atoms with Crippen LogP contribution in [0.3, 0.4) is 0 Å². The predicted octanol–water partition coefficient (Wildman–Crippen LogP) is 3.13. The Morgan fingerprint density at radius 1 is 1.21 bits per heavy atom. The van der Waals surface area contributed by atoms with Crippen molar-refractivity contribution in [2.75, 3.05) is 26.0 Å². The summed E-state index contributed by atoms with van der Waals surface area (Å²) in [6.07, 6.45) is 5.82. The highest BCUT2D eigenvalue weighted by atomic mass is 32.2. The summed E-state index contributed by atoms with van der Waals surface area (Å²) in [5, 5.41) is 16.5. The summed E-state index contributed by atoms with van der Waals surface area (Å²) in [5.41, 5.74) is 2.21. The largest absolute Gasteiger partial charge is 0.383 e. The molecule has 0 radical (unpaired) electrons. The first kappa shape index (κ1) is 21.3. The molecule has 29 heavy (non-hydrogen) atoms. The molecule has 0 spiro atoms. The molecule has 1 aromatic carbocycles. The number of unbranched alkanes of at least 4 members (excludes halogenated alkanes) is 3. The van der Waals surface area contributed by atoms with Crippen molar-refractivity contribution in [2.45, 2.75) is 39.2 Å². The Kier molecular flexibility index (Phi) is 7.65. The van der Waals surface area contributed by atoms with E-state index in [1.165, 1.54) is 11.8 Å². The second-order valence-electron chi connectivity index (χ2n) is 6.86. The lowest BCUT2D eigenvalue weighted by Gasteiger charge is -2.04. The zero-order chi connectivity index (χ0) is 20.6. The van der Waals surface area contributed by atoms with Crippen molar-refractivity contribution in [2.24, 2.45) is 0 Å². The number of carbonyl (C=O) groups is 2. The van der Waals surface area contributed by atoms with Gasteiger partial charge in [0.25, 0.3) is 5.91 Å². The van der Waals surface area contributed by atoms with Gasteiger partial charge in [0.2, 0.25) is 0 Å². The van der Waals surface area contributed by atoms with Crippen molar-refractivity contribution in [1.82, 2.24) is 25.3 Å². The van der Waals surface area contributed by atoms with Crippen LogP contribution in [0, 0.1) is 0 Å². The number of benzene rings is 1. The molecule has 8 nitrogen and oxygen atoms in total.